The Morgan fingerprint density at radius 2 is 1.81 bits per heavy atom. The van der Waals surface area contributed by atoms with Crippen LogP contribution in [0.3, 0.4) is 0 Å². The highest BCUT2D eigenvalue weighted by molar-refractivity contribution is 7.92. The highest BCUT2D eigenvalue weighted by Gasteiger charge is 2.06. The van der Waals surface area contributed by atoms with E-state index in [9.17, 15) is 8.42 Å². The van der Waals surface area contributed by atoms with Gasteiger partial charge in [-0.2, -0.15) is 0 Å². The van der Waals surface area contributed by atoms with Crippen LogP contribution in [0.4, 0.5) is 11.4 Å². The van der Waals surface area contributed by atoms with Gasteiger partial charge in [-0.15, -0.1) is 0 Å². The van der Waals surface area contributed by atoms with Crippen molar-refractivity contribution in [3.8, 4) is 0 Å². The lowest BCUT2D eigenvalue weighted by Gasteiger charge is -2.10. The van der Waals surface area contributed by atoms with E-state index >= 15 is 0 Å². The van der Waals surface area contributed by atoms with Crippen LogP contribution in [0, 0.1) is 0 Å². The lowest BCUT2D eigenvalue weighted by molar-refractivity contribution is 0.602. The molecule has 114 valence electrons. The van der Waals surface area contributed by atoms with Crippen molar-refractivity contribution in [2.45, 2.75) is 26.9 Å². The average Bonchev–Trinajstić information content (AvgIpc) is 2.94. The second-order valence-electron chi connectivity index (χ2n) is 4.57. The molecule has 6 nitrogen and oxygen atoms in total. The van der Waals surface area contributed by atoms with E-state index in [0.29, 0.717) is 12.2 Å². The van der Waals surface area contributed by atoms with E-state index in [0.717, 1.165) is 18.1 Å². The van der Waals surface area contributed by atoms with Gasteiger partial charge >= 0.3 is 0 Å². The van der Waals surface area contributed by atoms with Crippen molar-refractivity contribution in [2.75, 3.05) is 15.8 Å². The van der Waals surface area contributed by atoms with Crippen molar-refractivity contribution in [2.24, 2.45) is 0 Å². The summed E-state index contributed by atoms with van der Waals surface area (Å²) < 4.78 is 27.5. The predicted molar refractivity (Wildman–Crippen MR) is 84.8 cm³/mol. The summed E-state index contributed by atoms with van der Waals surface area (Å²) in [5, 5.41) is 3.27. The van der Waals surface area contributed by atoms with Crippen LogP contribution in [0.2, 0.25) is 0 Å². The van der Waals surface area contributed by atoms with E-state index in [1.807, 2.05) is 18.3 Å². The fourth-order valence-corrected chi connectivity index (χ4v) is 2.52. The van der Waals surface area contributed by atoms with E-state index in [1.54, 1.807) is 25.3 Å². The zero-order chi connectivity index (χ0) is 15.3. The number of hydrogen-bond acceptors (Lipinski definition) is 4. The van der Waals surface area contributed by atoms with Gasteiger partial charge in [0.05, 0.1) is 12.3 Å². The first-order chi connectivity index (χ1) is 10.0. The number of imidazole rings is 1. The molecule has 0 spiro atoms. The van der Waals surface area contributed by atoms with Gasteiger partial charge in [-0.25, -0.2) is 13.4 Å². The summed E-state index contributed by atoms with van der Waals surface area (Å²) in [6, 6.07) is 7.16. The first-order valence-corrected chi connectivity index (χ1v) is 8.53. The maximum Gasteiger partial charge on any atom is 0.232 e. The Morgan fingerprint density at radius 3 is 2.43 bits per heavy atom. The SMILES string of the molecule is CCn1ccnc1CNc1ccc(NS(=O)(=O)CC)cc1. The van der Waals surface area contributed by atoms with Crippen LogP contribution >= 0.6 is 0 Å². The molecular weight excluding hydrogens is 288 g/mol. The molecule has 2 rings (SSSR count). The molecule has 0 saturated heterocycles. The average molecular weight is 308 g/mol. The molecule has 0 saturated carbocycles. The van der Waals surface area contributed by atoms with Crippen LogP contribution in [-0.4, -0.2) is 23.7 Å². The normalized spacial score (nSPS) is 11.3. The molecule has 0 aliphatic rings. The predicted octanol–water partition coefficient (Wildman–Crippen LogP) is 2.28. The number of rotatable bonds is 7. The van der Waals surface area contributed by atoms with Crippen LogP contribution in [-0.2, 0) is 23.1 Å². The van der Waals surface area contributed by atoms with Crippen LogP contribution in [0.15, 0.2) is 36.7 Å². The Morgan fingerprint density at radius 1 is 1.14 bits per heavy atom. The Labute approximate surface area is 125 Å². The lowest BCUT2D eigenvalue weighted by Crippen LogP contribution is -2.14. The molecule has 0 atom stereocenters. The molecule has 0 aliphatic carbocycles. The standard InChI is InChI=1S/C14H20N4O2S/c1-3-18-10-9-15-14(18)11-16-12-5-7-13(8-6-12)17-21(19,20)4-2/h5-10,16-17H,3-4,11H2,1-2H3. The van der Waals surface area contributed by atoms with E-state index in [4.69, 9.17) is 0 Å². The quantitative estimate of drug-likeness (QED) is 0.823. The summed E-state index contributed by atoms with van der Waals surface area (Å²) in [4.78, 5) is 4.29. The molecule has 2 aromatic rings. The van der Waals surface area contributed by atoms with Gasteiger partial charge in [0.25, 0.3) is 0 Å². The number of benzene rings is 1. The molecule has 1 heterocycles. The van der Waals surface area contributed by atoms with E-state index in [1.165, 1.54) is 0 Å². The van der Waals surface area contributed by atoms with Crippen molar-refractivity contribution in [3.63, 3.8) is 0 Å². The molecule has 0 aliphatic heterocycles. The van der Waals surface area contributed by atoms with Crippen molar-refractivity contribution in [3.05, 3.63) is 42.5 Å². The summed E-state index contributed by atoms with van der Waals surface area (Å²) in [7, 11) is -3.23. The smallest absolute Gasteiger partial charge is 0.232 e. The summed E-state index contributed by atoms with van der Waals surface area (Å²) in [5.74, 6) is 1.03. The van der Waals surface area contributed by atoms with Gasteiger partial charge in [-0.3, -0.25) is 4.72 Å². The zero-order valence-corrected chi connectivity index (χ0v) is 13.0. The molecule has 1 aromatic heterocycles. The summed E-state index contributed by atoms with van der Waals surface area (Å²) >= 11 is 0. The van der Waals surface area contributed by atoms with Crippen molar-refractivity contribution < 1.29 is 8.42 Å². The van der Waals surface area contributed by atoms with Gasteiger partial charge in [-0.1, -0.05) is 0 Å². The van der Waals surface area contributed by atoms with Crippen molar-refractivity contribution in [1.29, 1.82) is 0 Å². The van der Waals surface area contributed by atoms with Gasteiger partial charge in [-0.05, 0) is 38.1 Å². The molecule has 0 fully saturated rings. The highest BCUT2D eigenvalue weighted by Crippen LogP contribution is 2.15. The minimum absolute atomic E-state index is 0.0622. The minimum atomic E-state index is -3.23. The number of sulfonamides is 1. The zero-order valence-electron chi connectivity index (χ0n) is 12.2. The maximum absolute atomic E-state index is 11.5. The van der Waals surface area contributed by atoms with E-state index < -0.39 is 10.0 Å². The lowest BCUT2D eigenvalue weighted by atomic mass is 10.3. The van der Waals surface area contributed by atoms with Crippen LogP contribution < -0.4 is 10.0 Å². The van der Waals surface area contributed by atoms with Crippen LogP contribution in [0.5, 0.6) is 0 Å². The molecule has 7 heteroatoms. The largest absolute Gasteiger partial charge is 0.378 e. The number of nitrogens with one attached hydrogen (secondary N) is 2. The van der Waals surface area contributed by atoms with Gasteiger partial charge < -0.3 is 9.88 Å². The number of aromatic nitrogens is 2. The summed E-state index contributed by atoms with van der Waals surface area (Å²) in [5.41, 5.74) is 1.48. The second kappa shape index (κ2) is 6.62. The minimum Gasteiger partial charge on any atom is -0.378 e. The third-order valence-corrected chi connectivity index (χ3v) is 4.44. The molecule has 0 bridgehead atoms. The topological polar surface area (TPSA) is 76.0 Å². The fraction of sp³-hybridized carbons (Fsp3) is 0.357. The Bertz CT molecular complexity index is 677. The Kier molecular flexibility index (Phi) is 4.85. The number of anilines is 2. The monoisotopic (exact) mass is 308 g/mol. The number of hydrogen-bond donors (Lipinski definition) is 2. The first kappa shape index (κ1) is 15.4. The molecule has 0 radical (unpaired) electrons. The second-order valence-corrected chi connectivity index (χ2v) is 6.58. The van der Waals surface area contributed by atoms with Crippen LogP contribution in [0.25, 0.3) is 0 Å². The molecule has 0 amide bonds. The third kappa shape index (κ3) is 4.22. The number of nitrogens with zero attached hydrogens (tertiary/aromatic N) is 2. The summed E-state index contributed by atoms with van der Waals surface area (Å²) in [6.45, 7) is 5.18. The fourth-order valence-electron chi connectivity index (χ4n) is 1.88. The molecule has 21 heavy (non-hydrogen) atoms. The molecule has 1 aromatic carbocycles. The Hall–Kier alpha value is -2.02. The third-order valence-electron chi connectivity index (χ3n) is 3.13. The van der Waals surface area contributed by atoms with E-state index in [-0.39, 0.29) is 5.75 Å². The first-order valence-electron chi connectivity index (χ1n) is 6.88. The van der Waals surface area contributed by atoms with Gasteiger partial charge in [0.15, 0.2) is 0 Å². The van der Waals surface area contributed by atoms with Crippen LogP contribution in [0.1, 0.15) is 19.7 Å². The molecular formula is C14H20N4O2S. The van der Waals surface area contributed by atoms with Crippen molar-refractivity contribution >= 4 is 21.4 Å². The maximum atomic E-state index is 11.5. The molecule has 0 unspecified atom stereocenters. The van der Waals surface area contributed by atoms with Gasteiger partial charge in [0.1, 0.15) is 5.82 Å². The van der Waals surface area contributed by atoms with E-state index in [2.05, 4.69) is 26.5 Å². The molecule has 2 N–H and O–H groups in total. The number of aryl methyl sites for hydroxylation is 1. The Balaban J connectivity index is 1.97. The highest BCUT2D eigenvalue weighted by atomic mass is 32.2. The van der Waals surface area contributed by atoms with Gasteiger partial charge in [0.2, 0.25) is 10.0 Å². The van der Waals surface area contributed by atoms with Gasteiger partial charge in [0, 0.05) is 30.3 Å². The summed E-state index contributed by atoms with van der Waals surface area (Å²) in [6.07, 6.45) is 3.72. The van der Waals surface area contributed by atoms with Crippen molar-refractivity contribution in [1.82, 2.24) is 9.55 Å².